The summed E-state index contributed by atoms with van der Waals surface area (Å²) >= 11 is 5.34. The lowest BCUT2D eigenvalue weighted by Crippen LogP contribution is -2.45. The molecule has 1 heterocycles. The van der Waals surface area contributed by atoms with E-state index in [1.807, 2.05) is 48.5 Å². The molecule has 0 saturated carbocycles. The van der Waals surface area contributed by atoms with Crippen LogP contribution in [0.3, 0.4) is 0 Å². The van der Waals surface area contributed by atoms with Crippen molar-refractivity contribution < 1.29 is 23.8 Å². The lowest BCUT2D eigenvalue weighted by atomic mass is 9.95. The molecule has 0 aromatic heterocycles. The molecular formula is C37H36N4O5S. The monoisotopic (exact) mass is 648 g/mol. The van der Waals surface area contributed by atoms with Crippen molar-refractivity contribution in [3.05, 3.63) is 131 Å². The highest BCUT2D eigenvalue weighted by Crippen LogP contribution is 2.33. The van der Waals surface area contributed by atoms with Gasteiger partial charge in [0.15, 0.2) is 11.7 Å². The molecule has 1 atom stereocenters. The maximum atomic E-state index is 12.8. The summed E-state index contributed by atoms with van der Waals surface area (Å²) in [5.74, 6) is 0.242. The summed E-state index contributed by atoms with van der Waals surface area (Å²) in [4.78, 5) is 25.5. The van der Waals surface area contributed by atoms with E-state index < -0.39 is 17.9 Å². The number of hydrogen-bond acceptors (Lipinski definition) is 7. The topological polar surface area (TPSA) is 110 Å². The molecule has 3 N–H and O–H groups in total. The minimum atomic E-state index is -0.621. The highest BCUT2D eigenvalue weighted by molar-refractivity contribution is 7.80. The van der Waals surface area contributed by atoms with Crippen LogP contribution in [0.5, 0.6) is 11.5 Å². The van der Waals surface area contributed by atoms with Gasteiger partial charge >= 0.3 is 5.97 Å². The second-order valence-corrected chi connectivity index (χ2v) is 11.1. The van der Waals surface area contributed by atoms with Gasteiger partial charge in [-0.15, -0.1) is 6.58 Å². The van der Waals surface area contributed by atoms with E-state index in [9.17, 15) is 9.59 Å². The molecule has 0 fully saturated rings. The molecule has 10 heteroatoms. The van der Waals surface area contributed by atoms with Gasteiger partial charge in [0.25, 0.3) is 5.91 Å². The Morgan fingerprint density at radius 1 is 0.979 bits per heavy atom. The number of rotatable bonds is 13. The molecule has 4 aromatic carbocycles. The first kappa shape index (κ1) is 32.9. The molecule has 4 aromatic rings. The van der Waals surface area contributed by atoms with Crippen LogP contribution in [0.25, 0.3) is 10.8 Å². The van der Waals surface area contributed by atoms with Crippen LogP contribution in [0.2, 0.25) is 0 Å². The van der Waals surface area contributed by atoms with Crippen LogP contribution in [0.15, 0.2) is 114 Å². The molecule has 0 spiro atoms. The Morgan fingerprint density at radius 2 is 1.77 bits per heavy atom. The van der Waals surface area contributed by atoms with Crippen molar-refractivity contribution in [2.45, 2.75) is 32.9 Å². The minimum absolute atomic E-state index is 0.227. The van der Waals surface area contributed by atoms with Crippen LogP contribution in [-0.2, 0) is 27.4 Å². The van der Waals surface area contributed by atoms with E-state index in [-0.39, 0.29) is 13.2 Å². The number of carbonyl (C=O) groups is 2. The molecule has 0 saturated heterocycles. The van der Waals surface area contributed by atoms with Crippen molar-refractivity contribution in [2.75, 3.05) is 13.2 Å². The Bertz CT molecular complexity index is 1860. The number of ether oxygens (including phenoxy) is 3. The fourth-order valence-corrected chi connectivity index (χ4v) is 5.59. The first-order valence-electron chi connectivity index (χ1n) is 15.2. The normalized spacial score (nSPS) is 14.3. The first-order valence-corrected chi connectivity index (χ1v) is 15.6. The number of hydrazone groups is 1. The predicted octanol–water partition coefficient (Wildman–Crippen LogP) is 6.03. The van der Waals surface area contributed by atoms with E-state index in [1.165, 1.54) is 5.39 Å². The number of fused-ring (bicyclic) bond motifs is 1. The van der Waals surface area contributed by atoms with Crippen LogP contribution >= 0.6 is 12.2 Å². The summed E-state index contributed by atoms with van der Waals surface area (Å²) in [7, 11) is 0. The van der Waals surface area contributed by atoms with Gasteiger partial charge in [-0.2, -0.15) is 5.10 Å². The van der Waals surface area contributed by atoms with Gasteiger partial charge in [-0.1, -0.05) is 66.7 Å². The van der Waals surface area contributed by atoms with Crippen LogP contribution in [0, 0.1) is 0 Å². The van der Waals surface area contributed by atoms with E-state index in [0.717, 1.165) is 27.8 Å². The van der Waals surface area contributed by atoms with Gasteiger partial charge in [0.2, 0.25) is 0 Å². The molecule has 240 valence electrons. The average Bonchev–Trinajstić information content (AvgIpc) is 3.07. The maximum absolute atomic E-state index is 12.8. The number of hydrogen-bond donors (Lipinski definition) is 3. The van der Waals surface area contributed by atoms with Gasteiger partial charge < -0.3 is 24.8 Å². The molecule has 5 rings (SSSR count). The average molecular weight is 649 g/mol. The minimum Gasteiger partial charge on any atom is -0.489 e. The largest absolute Gasteiger partial charge is 0.489 e. The predicted molar refractivity (Wildman–Crippen MR) is 187 cm³/mol. The molecule has 1 amide bonds. The SMILES string of the molecule is C=CCc1cc(C=NNC(=O)COc2ccccc2[C@@H]2NC(=S)NC(C)=C2C(=O)OCC)ccc1OCc1cccc2ccccc12. The number of para-hydroxylation sites is 1. The zero-order chi connectivity index (χ0) is 33.2. The Morgan fingerprint density at radius 3 is 2.60 bits per heavy atom. The van der Waals surface area contributed by atoms with Gasteiger partial charge in [-0.05, 0) is 84.2 Å². The van der Waals surface area contributed by atoms with Crippen LogP contribution in [0.1, 0.15) is 42.1 Å². The molecule has 0 aliphatic carbocycles. The Hall–Kier alpha value is -5.48. The highest BCUT2D eigenvalue weighted by Gasteiger charge is 2.32. The maximum Gasteiger partial charge on any atom is 0.338 e. The molecule has 0 bridgehead atoms. The van der Waals surface area contributed by atoms with Crippen molar-refractivity contribution >= 4 is 46.2 Å². The molecule has 47 heavy (non-hydrogen) atoms. The smallest absolute Gasteiger partial charge is 0.338 e. The zero-order valence-electron chi connectivity index (χ0n) is 26.2. The van der Waals surface area contributed by atoms with Gasteiger partial charge in [0.05, 0.1) is 24.4 Å². The quantitative estimate of drug-likeness (QED) is 0.0530. The Balaban J connectivity index is 1.21. The van der Waals surface area contributed by atoms with Gasteiger partial charge in [-0.25, -0.2) is 10.2 Å². The van der Waals surface area contributed by atoms with Crippen molar-refractivity contribution in [3.63, 3.8) is 0 Å². The number of esters is 1. The first-order chi connectivity index (χ1) is 22.9. The van der Waals surface area contributed by atoms with E-state index in [1.54, 1.807) is 38.3 Å². The number of benzene rings is 4. The molecule has 9 nitrogen and oxygen atoms in total. The number of nitrogens with one attached hydrogen (secondary N) is 3. The summed E-state index contributed by atoms with van der Waals surface area (Å²) in [5, 5.41) is 12.9. The third-order valence-electron chi connectivity index (χ3n) is 7.47. The number of carbonyl (C=O) groups excluding carboxylic acids is 2. The Labute approximate surface area is 279 Å². The third kappa shape index (κ3) is 8.22. The van der Waals surface area contributed by atoms with Crippen molar-refractivity contribution in [2.24, 2.45) is 5.10 Å². The van der Waals surface area contributed by atoms with Gasteiger partial charge in [-0.3, -0.25) is 4.79 Å². The van der Waals surface area contributed by atoms with Crippen LogP contribution in [-0.4, -0.2) is 36.4 Å². The van der Waals surface area contributed by atoms with Crippen molar-refractivity contribution in [1.29, 1.82) is 0 Å². The molecule has 1 aliphatic rings. The zero-order valence-corrected chi connectivity index (χ0v) is 27.1. The van der Waals surface area contributed by atoms with Gasteiger partial charge in [0, 0.05) is 11.3 Å². The standard InChI is InChI=1S/C37H36N4O5S/c1-4-11-27-20-25(18-19-31(27)45-22-28-14-10-13-26-12-6-7-15-29(26)28)21-38-41-33(42)23-46-32-17-9-8-16-30(32)35-34(36(43)44-5-2)24(3)39-37(47)40-35/h4,6-10,12-21,35H,1,5,11,22-23H2,2-3H3,(H,41,42)(H2,39,40,47)/t35-/m0/s1. The second kappa shape index (κ2) is 15.7. The highest BCUT2D eigenvalue weighted by atomic mass is 32.1. The fraction of sp³-hybridized carbons (Fsp3) is 0.189. The number of amides is 1. The summed E-state index contributed by atoms with van der Waals surface area (Å²) in [6, 6.07) is 26.7. The van der Waals surface area contributed by atoms with Crippen molar-refractivity contribution in [3.8, 4) is 11.5 Å². The van der Waals surface area contributed by atoms with Gasteiger partial charge in [0.1, 0.15) is 18.1 Å². The van der Waals surface area contributed by atoms with Crippen molar-refractivity contribution in [1.82, 2.24) is 16.1 Å². The molecule has 1 aliphatic heterocycles. The van der Waals surface area contributed by atoms with Crippen LogP contribution in [0.4, 0.5) is 0 Å². The number of thiocarbonyl (C=S) groups is 1. The fourth-order valence-electron chi connectivity index (χ4n) is 5.32. The summed E-state index contributed by atoms with van der Waals surface area (Å²) in [5.41, 5.74) is 6.95. The van der Waals surface area contributed by atoms with E-state index in [4.69, 9.17) is 26.4 Å². The van der Waals surface area contributed by atoms with Crippen LogP contribution < -0.4 is 25.5 Å². The molecule has 0 unspecified atom stereocenters. The summed E-state index contributed by atoms with van der Waals surface area (Å²) < 4.78 is 17.4. The van der Waals surface area contributed by atoms with E-state index >= 15 is 0 Å². The lowest BCUT2D eigenvalue weighted by Gasteiger charge is -2.30. The van der Waals surface area contributed by atoms with E-state index in [2.05, 4.69) is 52.0 Å². The second-order valence-electron chi connectivity index (χ2n) is 10.7. The van der Waals surface area contributed by atoms with E-state index in [0.29, 0.717) is 40.7 Å². The summed E-state index contributed by atoms with van der Waals surface area (Å²) in [6.45, 7) is 7.74. The third-order valence-corrected chi connectivity index (χ3v) is 7.69. The summed E-state index contributed by atoms with van der Waals surface area (Å²) in [6.07, 6.45) is 3.99. The Kier molecular flexibility index (Phi) is 11.0. The number of allylic oxidation sites excluding steroid dienone is 2. The number of nitrogens with zero attached hydrogens (tertiary/aromatic N) is 1. The molecular weight excluding hydrogens is 612 g/mol. The lowest BCUT2D eigenvalue weighted by molar-refractivity contribution is -0.139. The molecule has 0 radical (unpaired) electrons.